The van der Waals surface area contributed by atoms with Crippen molar-refractivity contribution >= 4 is 121 Å². The van der Waals surface area contributed by atoms with Gasteiger partial charge in [0.2, 0.25) is 0 Å². The van der Waals surface area contributed by atoms with E-state index in [0.717, 1.165) is 115 Å². The lowest BCUT2D eigenvalue weighted by Gasteiger charge is -2.13. The van der Waals surface area contributed by atoms with E-state index in [9.17, 15) is 0 Å². The van der Waals surface area contributed by atoms with Crippen LogP contribution in [0.15, 0.2) is 158 Å². The summed E-state index contributed by atoms with van der Waals surface area (Å²) < 4.78 is 4.49. The average Bonchev–Trinajstić information content (AvgIpc) is 3.85. The zero-order valence-electron chi connectivity index (χ0n) is 30.6. The minimum absolute atomic E-state index is 0.486. The minimum atomic E-state index is 0.486. The quantitative estimate of drug-likeness (QED) is 0.123. The maximum Gasteiger partial charge on any atom is 0.199 e. The van der Waals surface area contributed by atoms with Crippen molar-refractivity contribution in [3.05, 3.63) is 158 Å². The second-order valence-electron chi connectivity index (χ2n) is 15.1. The highest BCUT2D eigenvalue weighted by Crippen LogP contribution is 2.44. The standard InChI is InChI=1S/C50H26N8/c1-4-14-30-27(11-1)21-23-33-40-25-29-13-3-9-19-38(29)57(40)50-45(41(30)33)55-48-47(56-50)51-26-37(53-48)43-32-16-6-10-20-39(32)58-46(43)34-24-22-28-12-2-5-15-31(28)42(34)44-49(58)54-36-18-8-7-17-35(36)52-44/h1-26H. The molecule has 0 atom stereocenters. The van der Waals surface area contributed by atoms with Crippen molar-refractivity contribution in [3.8, 4) is 11.3 Å². The average molecular weight is 739 g/mol. The van der Waals surface area contributed by atoms with Gasteiger partial charge < -0.3 is 0 Å². The molecule has 0 aliphatic heterocycles. The van der Waals surface area contributed by atoms with Crippen molar-refractivity contribution in [1.82, 2.24) is 38.7 Å². The molecule has 14 rings (SSSR count). The second-order valence-corrected chi connectivity index (χ2v) is 15.1. The predicted octanol–water partition coefficient (Wildman–Crippen LogP) is 11.8. The molecule has 0 unspecified atom stereocenters. The second kappa shape index (κ2) is 10.8. The number of hydrogen-bond donors (Lipinski definition) is 0. The van der Waals surface area contributed by atoms with Gasteiger partial charge >= 0.3 is 0 Å². The molecule has 0 aliphatic rings. The minimum Gasteiger partial charge on any atom is -0.292 e. The lowest BCUT2D eigenvalue weighted by Crippen LogP contribution is -2.01. The van der Waals surface area contributed by atoms with Crippen LogP contribution in [0.4, 0.5) is 0 Å². The Bertz CT molecular complexity index is 4160. The maximum atomic E-state index is 5.42. The molecule has 0 aliphatic carbocycles. The summed E-state index contributed by atoms with van der Waals surface area (Å²) in [6, 6.07) is 53.1. The lowest BCUT2D eigenvalue weighted by atomic mass is 9.99. The molecule has 58 heavy (non-hydrogen) atoms. The molecule has 7 aromatic carbocycles. The third-order valence-electron chi connectivity index (χ3n) is 12.1. The van der Waals surface area contributed by atoms with Crippen LogP contribution in [0.1, 0.15) is 0 Å². The summed E-state index contributed by atoms with van der Waals surface area (Å²) in [5.74, 6) is 0. The Kier molecular flexibility index (Phi) is 5.62. The number of hydrogen-bond acceptors (Lipinski definition) is 6. The number of para-hydroxylation sites is 4. The van der Waals surface area contributed by atoms with Gasteiger partial charge in [-0.05, 0) is 51.9 Å². The summed E-state index contributed by atoms with van der Waals surface area (Å²) in [4.78, 5) is 31.8. The molecular weight excluding hydrogens is 713 g/mol. The van der Waals surface area contributed by atoms with Crippen LogP contribution < -0.4 is 0 Å². The highest BCUT2D eigenvalue weighted by molar-refractivity contribution is 6.28. The Hall–Kier alpha value is -8.10. The van der Waals surface area contributed by atoms with Crippen LogP contribution in [-0.2, 0) is 0 Å². The smallest absolute Gasteiger partial charge is 0.199 e. The Labute approximate surface area is 327 Å². The molecule has 266 valence electrons. The lowest BCUT2D eigenvalue weighted by molar-refractivity contribution is 1.17. The zero-order chi connectivity index (χ0) is 37.6. The first-order valence-corrected chi connectivity index (χ1v) is 19.4. The first-order chi connectivity index (χ1) is 28.8. The van der Waals surface area contributed by atoms with Gasteiger partial charge in [-0.15, -0.1) is 0 Å². The number of nitrogens with zero attached hydrogens (tertiary/aromatic N) is 8. The fourth-order valence-corrected chi connectivity index (χ4v) is 9.61. The summed E-state index contributed by atoms with van der Waals surface area (Å²) >= 11 is 0. The SMILES string of the molecule is c1ccc2c(c1)ccc1c2c2nc3nc(-c4c5ccccc5n5c6nc7ccccc7nc6c6c7ccccc7ccc6c45)cnc3nc2n2c3ccccc3cc12. The van der Waals surface area contributed by atoms with Gasteiger partial charge in [0.15, 0.2) is 22.6 Å². The van der Waals surface area contributed by atoms with Crippen LogP contribution in [-0.4, -0.2) is 38.7 Å². The summed E-state index contributed by atoms with van der Waals surface area (Å²) in [6.07, 6.45) is 1.86. The third-order valence-corrected chi connectivity index (χ3v) is 12.1. The molecule has 0 saturated heterocycles. The highest BCUT2D eigenvalue weighted by atomic mass is 15.1. The summed E-state index contributed by atoms with van der Waals surface area (Å²) in [5, 5.41) is 11.0. The number of pyridine rings is 2. The van der Waals surface area contributed by atoms with Gasteiger partial charge in [-0.3, -0.25) is 8.80 Å². The van der Waals surface area contributed by atoms with Crippen LogP contribution in [0.2, 0.25) is 0 Å². The highest BCUT2D eigenvalue weighted by Gasteiger charge is 2.24. The topological polar surface area (TPSA) is 86.2 Å². The normalized spacial score (nSPS) is 12.5. The van der Waals surface area contributed by atoms with Gasteiger partial charge in [-0.2, -0.15) is 0 Å². The molecule has 0 radical (unpaired) electrons. The first-order valence-electron chi connectivity index (χ1n) is 19.4. The number of rotatable bonds is 1. The van der Waals surface area contributed by atoms with Crippen molar-refractivity contribution in [2.75, 3.05) is 0 Å². The van der Waals surface area contributed by atoms with Crippen LogP contribution in [0.25, 0.3) is 132 Å². The number of fused-ring (bicyclic) bond motifs is 22. The van der Waals surface area contributed by atoms with Gasteiger partial charge in [0.25, 0.3) is 0 Å². The zero-order valence-corrected chi connectivity index (χ0v) is 30.6. The van der Waals surface area contributed by atoms with Crippen molar-refractivity contribution in [3.63, 3.8) is 0 Å². The van der Waals surface area contributed by atoms with Crippen LogP contribution >= 0.6 is 0 Å². The van der Waals surface area contributed by atoms with Crippen LogP contribution in [0.5, 0.6) is 0 Å². The van der Waals surface area contributed by atoms with Gasteiger partial charge in [-0.25, -0.2) is 29.9 Å². The predicted molar refractivity (Wildman–Crippen MR) is 236 cm³/mol. The molecule has 0 amide bonds. The van der Waals surface area contributed by atoms with Crippen molar-refractivity contribution < 1.29 is 0 Å². The monoisotopic (exact) mass is 738 g/mol. The molecule has 0 spiro atoms. The first kappa shape index (κ1) is 30.2. The number of benzene rings is 7. The number of aromatic nitrogens is 8. The van der Waals surface area contributed by atoms with Gasteiger partial charge in [0.05, 0.1) is 45.0 Å². The van der Waals surface area contributed by atoms with E-state index in [-0.39, 0.29) is 0 Å². The van der Waals surface area contributed by atoms with E-state index >= 15 is 0 Å². The van der Waals surface area contributed by atoms with E-state index in [0.29, 0.717) is 17.0 Å². The van der Waals surface area contributed by atoms with E-state index in [1.165, 1.54) is 0 Å². The molecule has 14 aromatic rings. The van der Waals surface area contributed by atoms with Crippen molar-refractivity contribution in [2.45, 2.75) is 0 Å². The fraction of sp³-hybridized carbons (Fsp3) is 0. The van der Waals surface area contributed by atoms with Gasteiger partial charge in [0.1, 0.15) is 11.0 Å². The summed E-state index contributed by atoms with van der Waals surface area (Å²) in [7, 11) is 0. The molecule has 8 nitrogen and oxygen atoms in total. The Morgan fingerprint density at radius 2 is 0.983 bits per heavy atom. The molecular formula is C50H26N8. The van der Waals surface area contributed by atoms with Crippen molar-refractivity contribution in [1.29, 1.82) is 0 Å². The molecule has 0 fully saturated rings. The van der Waals surface area contributed by atoms with E-state index < -0.39 is 0 Å². The Morgan fingerprint density at radius 3 is 1.78 bits per heavy atom. The van der Waals surface area contributed by atoms with E-state index in [1.807, 2.05) is 30.5 Å². The van der Waals surface area contributed by atoms with Gasteiger partial charge in [-0.1, -0.05) is 121 Å². The van der Waals surface area contributed by atoms with Crippen LogP contribution in [0.3, 0.4) is 0 Å². The van der Waals surface area contributed by atoms with Crippen LogP contribution in [0, 0.1) is 0 Å². The van der Waals surface area contributed by atoms with Gasteiger partial charge in [0, 0.05) is 37.9 Å². The molecule has 8 heteroatoms. The molecule has 0 saturated carbocycles. The summed E-state index contributed by atoms with van der Waals surface area (Å²) in [5.41, 5.74) is 11.7. The van der Waals surface area contributed by atoms with E-state index in [4.69, 9.17) is 29.9 Å². The third kappa shape index (κ3) is 3.83. The maximum absolute atomic E-state index is 5.42. The largest absolute Gasteiger partial charge is 0.292 e. The fourth-order valence-electron chi connectivity index (χ4n) is 9.61. The summed E-state index contributed by atoms with van der Waals surface area (Å²) in [6.45, 7) is 0. The molecule has 7 aromatic heterocycles. The van der Waals surface area contributed by atoms with E-state index in [1.54, 1.807) is 0 Å². The van der Waals surface area contributed by atoms with Crippen molar-refractivity contribution in [2.24, 2.45) is 0 Å². The Balaban J connectivity index is 1.15. The molecule has 7 heterocycles. The van der Waals surface area contributed by atoms with E-state index in [2.05, 4.69) is 136 Å². The Morgan fingerprint density at radius 1 is 0.379 bits per heavy atom. The molecule has 0 N–H and O–H groups in total. The molecule has 0 bridgehead atoms.